The molecule has 2 atom stereocenters. The van der Waals surface area contributed by atoms with Crippen molar-refractivity contribution in [3.63, 3.8) is 0 Å². The molecule has 0 spiro atoms. The van der Waals surface area contributed by atoms with Gasteiger partial charge < -0.3 is 10.5 Å². The van der Waals surface area contributed by atoms with Crippen LogP contribution in [0.1, 0.15) is 12.8 Å². The third-order valence-electron chi connectivity index (χ3n) is 3.51. The Morgan fingerprint density at radius 2 is 2.24 bits per heavy atom. The van der Waals surface area contributed by atoms with E-state index in [1.54, 1.807) is 19.4 Å². The standard InChI is InChI=1S/C12H18BrN3O3S.ClH/c1-19-11-2-3-16(10(5-11)6-14)20(17,18)12-4-9(13)7-15-8-12;/h4,7-8,10-11H,2-3,5-6,14H2,1H3;1H. The molecule has 2 heterocycles. The SMILES string of the molecule is COC1CCN(S(=O)(=O)c2cncc(Br)c2)C(CN)C1.Cl. The van der Waals surface area contributed by atoms with E-state index in [0.717, 1.165) is 0 Å². The van der Waals surface area contributed by atoms with Crippen molar-refractivity contribution in [1.29, 1.82) is 0 Å². The van der Waals surface area contributed by atoms with Gasteiger partial charge in [-0.3, -0.25) is 4.98 Å². The van der Waals surface area contributed by atoms with E-state index in [1.165, 1.54) is 10.5 Å². The summed E-state index contributed by atoms with van der Waals surface area (Å²) in [4.78, 5) is 4.10. The smallest absolute Gasteiger partial charge is 0.244 e. The quantitative estimate of drug-likeness (QED) is 0.825. The van der Waals surface area contributed by atoms with Crippen LogP contribution in [0.15, 0.2) is 27.8 Å². The Kier molecular flexibility index (Phi) is 7.02. The summed E-state index contributed by atoms with van der Waals surface area (Å²) in [5.41, 5.74) is 5.73. The van der Waals surface area contributed by atoms with Crippen LogP contribution in [0.25, 0.3) is 0 Å². The summed E-state index contributed by atoms with van der Waals surface area (Å²) < 4.78 is 32.8. The highest BCUT2D eigenvalue weighted by Gasteiger charge is 2.36. The van der Waals surface area contributed by atoms with Gasteiger partial charge in [0, 0.05) is 43.1 Å². The topological polar surface area (TPSA) is 85.5 Å². The van der Waals surface area contributed by atoms with E-state index < -0.39 is 10.0 Å². The van der Waals surface area contributed by atoms with Gasteiger partial charge in [0.1, 0.15) is 4.90 Å². The van der Waals surface area contributed by atoms with E-state index in [-0.39, 0.29) is 36.0 Å². The number of hydrogen-bond acceptors (Lipinski definition) is 5. The maximum absolute atomic E-state index is 12.7. The van der Waals surface area contributed by atoms with Gasteiger partial charge in [-0.05, 0) is 34.8 Å². The van der Waals surface area contributed by atoms with Gasteiger partial charge in [-0.1, -0.05) is 0 Å². The van der Waals surface area contributed by atoms with Crippen LogP contribution >= 0.6 is 28.3 Å². The number of ether oxygens (including phenoxy) is 1. The third-order valence-corrected chi connectivity index (χ3v) is 5.86. The van der Waals surface area contributed by atoms with Gasteiger partial charge >= 0.3 is 0 Å². The lowest BCUT2D eigenvalue weighted by atomic mass is 10.0. The number of hydrogen-bond donors (Lipinski definition) is 1. The molecule has 0 saturated carbocycles. The Hall–Kier alpha value is -0.250. The van der Waals surface area contributed by atoms with Gasteiger partial charge in [-0.25, -0.2) is 8.42 Å². The first kappa shape index (κ1) is 18.8. The number of sulfonamides is 1. The number of pyridine rings is 1. The van der Waals surface area contributed by atoms with Crippen LogP contribution in [0.3, 0.4) is 0 Å². The molecular formula is C12H19BrClN3O3S. The summed E-state index contributed by atoms with van der Waals surface area (Å²) in [7, 11) is -1.93. The van der Waals surface area contributed by atoms with Crippen molar-refractivity contribution in [2.45, 2.75) is 29.9 Å². The highest BCUT2D eigenvalue weighted by Crippen LogP contribution is 2.27. The fraction of sp³-hybridized carbons (Fsp3) is 0.583. The summed E-state index contributed by atoms with van der Waals surface area (Å²) in [6.45, 7) is 0.690. The molecular weight excluding hydrogens is 382 g/mol. The van der Waals surface area contributed by atoms with Crippen LogP contribution in [-0.4, -0.2) is 50.1 Å². The molecule has 0 radical (unpaired) electrons. The Labute approximate surface area is 139 Å². The van der Waals surface area contributed by atoms with Gasteiger partial charge in [0.15, 0.2) is 0 Å². The van der Waals surface area contributed by atoms with Crippen molar-refractivity contribution in [2.24, 2.45) is 5.73 Å². The van der Waals surface area contributed by atoms with Crippen molar-refractivity contribution in [2.75, 3.05) is 20.2 Å². The van der Waals surface area contributed by atoms with E-state index in [9.17, 15) is 8.42 Å². The van der Waals surface area contributed by atoms with Crippen LogP contribution in [-0.2, 0) is 14.8 Å². The summed E-state index contributed by atoms with van der Waals surface area (Å²) >= 11 is 3.24. The number of piperidine rings is 1. The summed E-state index contributed by atoms with van der Waals surface area (Å²) in [5, 5.41) is 0. The molecule has 1 aliphatic rings. The molecule has 1 saturated heterocycles. The second-order valence-electron chi connectivity index (χ2n) is 4.73. The maximum atomic E-state index is 12.7. The predicted molar refractivity (Wildman–Crippen MR) is 86.0 cm³/mol. The van der Waals surface area contributed by atoms with Crippen molar-refractivity contribution >= 4 is 38.4 Å². The predicted octanol–water partition coefficient (Wildman–Crippen LogP) is 1.39. The zero-order chi connectivity index (χ0) is 14.8. The molecule has 0 aliphatic carbocycles. The first-order valence-electron chi connectivity index (χ1n) is 6.34. The van der Waals surface area contributed by atoms with Crippen LogP contribution in [0, 0.1) is 0 Å². The van der Waals surface area contributed by atoms with Crippen LogP contribution in [0.2, 0.25) is 0 Å². The van der Waals surface area contributed by atoms with E-state index in [0.29, 0.717) is 23.9 Å². The molecule has 0 bridgehead atoms. The number of nitrogens with two attached hydrogens (primary N) is 1. The van der Waals surface area contributed by atoms with Gasteiger partial charge in [0.25, 0.3) is 0 Å². The van der Waals surface area contributed by atoms with E-state index >= 15 is 0 Å². The van der Waals surface area contributed by atoms with Gasteiger partial charge in [-0.2, -0.15) is 4.31 Å². The van der Waals surface area contributed by atoms with E-state index in [4.69, 9.17) is 10.5 Å². The monoisotopic (exact) mass is 399 g/mol. The minimum Gasteiger partial charge on any atom is -0.381 e. The molecule has 1 fully saturated rings. The van der Waals surface area contributed by atoms with Crippen LogP contribution < -0.4 is 5.73 Å². The molecule has 0 aromatic carbocycles. The van der Waals surface area contributed by atoms with Crippen LogP contribution in [0.5, 0.6) is 0 Å². The average molecular weight is 401 g/mol. The molecule has 2 rings (SSSR count). The average Bonchev–Trinajstić information content (AvgIpc) is 2.46. The zero-order valence-corrected chi connectivity index (χ0v) is 14.8. The van der Waals surface area contributed by atoms with Gasteiger partial charge in [-0.15, -0.1) is 12.4 Å². The highest BCUT2D eigenvalue weighted by atomic mass is 79.9. The normalized spacial score (nSPS) is 23.6. The van der Waals surface area contributed by atoms with Crippen LogP contribution in [0.4, 0.5) is 0 Å². The molecule has 9 heteroatoms. The van der Waals surface area contributed by atoms with Crippen molar-refractivity contribution in [3.05, 3.63) is 22.9 Å². The summed E-state index contributed by atoms with van der Waals surface area (Å²) in [6.07, 6.45) is 4.27. The highest BCUT2D eigenvalue weighted by molar-refractivity contribution is 9.10. The number of nitrogens with zero attached hydrogens (tertiary/aromatic N) is 2. The fourth-order valence-electron chi connectivity index (χ4n) is 2.41. The number of aromatic nitrogens is 1. The Morgan fingerprint density at radius 3 is 2.81 bits per heavy atom. The molecule has 120 valence electrons. The lowest BCUT2D eigenvalue weighted by Gasteiger charge is -2.37. The number of methoxy groups -OCH3 is 1. The van der Waals surface area contributed by atoms with Gasteiger partial charge in [0.2, 0.25) is 10.0 Å². The van der Waals surface area contributed by atoms with Crippen molar-refractivity contribution < 1.29 is 13.2 Å². The molecule has 0 amide bonds. The lowest BCUT2D eigenvalue weighted by molar-refractivity contribution is 0.0401. The minimum absolute atomic E-state index is 0. The number of halogens is 2. The lowest BCUT2D eigenvalue weighted by Crippen LogP contribution is -2.51. The minimum atomic E-state index is -3.57. The van der Waals surface area contributed by atoms with Gasteiger partial charge in [0.05, 0.1) is 6.10 Å². The molecule has 1 aromatic heterocycles. The van der Waals surface area contributed by atoms with Crippen molar-refractivity contribution in [3.8, 4) is 0 Å². The summed E-state index contributed by atoms with van der Waals surface area (Å²) in [6, 6.07) is 1.32. The second kappa shape index (κ2) is 7.85. The summed E-state index contributed by atoms with van der Waals surface area (Å²) in [5.74, 6) is 0. The fourth-order valence-corrected chi connectivity index (χ4v) is 4.57. The maximum Gasteiger partial charge on any atom is 0.244 e. The Morgan fingerprint density at radius 1 is 1.52 bits per heavy atom. The number of rotatable bonds is 4. The molecule has 21 heavy (non-hydrogen) atoms. The van der Waals surface area contributed by atoms with E-state index in [1.807, 2.05) is 0 Å². The molecule has 1 aliphatic heterocycles. The second-order valence-corrected chi connectivity index (χ2v) is 7.53. The molecule has 2 N–H and O–H groups in total. The largest absolute Gasteiger partial charge is 0.381 e. The molecule has 2 unspecified atom stereocenters. The first-order chi connectivity index (χ1) is 9.48. The zero-order valence-electron chi connectivity index (χ0n) is 11.6. The Balaban J connectivity index is 0.00000220. The Bertz CT molecular complexity index is 573. The van der Waals surface area contributed by atoms with Crippen molar-refractivity contribution in [1.82, 2.24) is 9.29 Å². The molecule has 6 nitrogen and oxygen atoms in total. The van der Waals surface area contributed by atoms with E-state index in [2.05, 4.69) is 20.9 Å². The third kappa shape index (κ3) is 4.14. The molecule has 1 aromatic rings. The first-order valence-corrected chi connectivity index (χ1v) is 8.57.